The maximum atomic E-state index is 13.4. The first-order valence-electron chi connectivity index (χ1n) is 11.0. The fourth-order valence-corrected chi connectivity index (χ4v) is 6.80. The molecular weight excluding hydrogens is 543 g/mol. The van der Waals surface area contributed by atoms with Crippen LogP contribution in [0.3, 0.4) is 0 Å². The van der Waals surface area contributed by atoms with Crippen LogP contribution in [0.4, 0.5) is 14.5 Å². The second kappa shape index (κ2) is 9.03. The van der Waals surface area contributed by atoms with Gasteiger partial charge in [0, 0.05) is 24.6 Å². The Morgan fingerprint density at radius 2 is 2.06 bits per heavy atom. The summed E-state index contributed by atoms with van der Waals surface area (Å²) in [6.45, 7) is 3.50. The molecule has 4 heterocycles. The van der Waals surface area contributed by atoms with E-state index in [9.17, 15) is 28.4 Å². The van der Waals surface area contributed by atoms with E-state index in [0.29, 0.717) is 0 Å². The standard InChI is InChI=1S/C20H23ClF2N5O6PS/c1-19(2)33-14-11(6-36-8-35(29,30)31)32-18(15(14)34-19)28-7-25-13-12(26-9-3-20(22,23)4-9)10(5-24)16(21)27-17(13)28/h7,9,11,14-15,18H,3-4,6,8H2,1-2H3,(H,26,27)(H2,29,30,31)/t11-,14?,15-,18-/m1/s1. The third kappa shape index (κ3) is 4.96. The largest absolute Gasteiger partial charge is 0.379 e. The zero-order chi connectivity index (χ0) is 26.0. The van der Waals surface area contributed by atoms with E-state index in [1.165, 1.54) is 6.33 Å². The number of pyridine rings is 1. The normalized spacial score (nSPS) is 29.2. The average molecular weight is 566 g/mol. The predicted molar refractivity (Wildman–Crippen MR) is 126 cm³/mol. The lowest BCUT2D eigenvalue weighted by Gasteiger charge is -2.36. The molecule has 0 spiro atoms. The maximum Gasteiger partial charge on any atom is 0.335 e. The molecule has 36 heavy (non-hydrogen) atoms. The molecule has 16 heteroatoms. The molecule has 2 aliphatic heterocycles. The van der Waals surface area contributed by atoms with Gasteiger partial charge < -0.3 is 29.3 Å². The van der Waals surface area contributed by atoms with Gasteiger partial charge in [-0.05, 0) is 13.8 Å². The van der Waals surface area contributed by atoms with E-state index in [-0.39, 0.29) is 51.7 Å². The van der Waals surface area contributed by atoms with Crippen molar-refractivity contribution in [2.45, 2.75) is 69.0 Å². The molecule has 11 nitrogen and oxygen atoms in total. The van der Waals surface area contributed by atoms with Crippen LogP contribution in [0.1, 0.15) is 38.5 Å². The van der Waals surface area contributed by atoms with Crippen molar-refractivity contribution in [1.82, 2.24) is 14.5 Å². The first-order valence-corrected chi connectivity index (χ1v) is 14.3. The molecule has 0 radical (unpaired) electrons. The molecule has 4 atom stereocenters. The summed E-state index contributed by atoms with van der Waals surface area (Å²) in [5.41, 5.74) is 0.385. The number of anilines is 1. The molecule has 3 N–H and O–H groups in total. The molecule has 1 unspecified atom stereocenters. The van der Waals surface area contributed by atoms with Crippen molar-refractivity contribution in [2.75, 3.05) is 16.6 Å². The van der Waals surface area contributed by atoms with E-state index >= 15 is 0 Å². The monoisotopic (exact) mass is 565 g/mol. The third-order valence-corrected chi connectivity index (χ3v) is 9.07. The second-order valence-electron chi connectivity index (χ2n) is 9.49. The maximum absolute atomic E-state index is 13.4. The van der Waals surface area contributed by atoms with Gasteiger partial charge in [-0.15, -0.1) is 11.8 Å². The molecule has 196 valence electrons. The van der Waals surface area contributed by atoms with Gasteiger partial charge >= 0.3 is 7.60 Å². The molecular formula is C20H23ClF2N5O6PS. The number of nitriles is 1. The van der Waals surface area contributed by atoms with Gasteiger partial charge in [0.05, 0.1) is 23.6 Å². The van der Waals surface area contributed by atoms with Crippen LogP contribution in [0.15, 0.2) is 6.33 Å². The highest BCUT2D eigenvalue weighted by Crippen LogP contribution is 2.47. The van der Waals surface area contributed by atoms with Crippen molar-refractivity contribution in [3.8, 4) is 6.07 Å². The van der Waals surface area contributed by atoms with Gasteiger partial charge in [0.25, 0.3) is 5.92 Å². The molecule has 2 saturated heterocycles. The Morgan fingerprint density at radius 3 is 2.69 bits per heavy atom. The zero-order valence-electron chi connectivity index (χ0n) is 19.1. The number of imidazole rings is 1. The van der Waals surface area contributed by atoms with Crippen molar-refractivity contribution in [3.05, 3.63) is 17.0 Å². The number of alkyl halides is 2. The van der Waals surface area contributed by atoms with E-state index in [0.717, 1.165) is 11.8 Å². The van der Waals surface area contributed by atoms with Crippen LogP contribution < -0.4 is 5.32 Å². The highest BCUT2D eigenvalue weighted by Gasteiger charge is 2.56. The Balaban J connectivity index is 1.47. The van der Waals surface area contributed by atoms with Gasteiger partial charge in [0.2, 0.25) is 0 Å². The molecule has 0 aromatic carbocycles. The Bertz CT molecular complexity index is 1280. The number of nitrogens with one attached hydrogen (secondary N) is 1. The minimum atomic E-state index is -4.19. The SMILES string of the molecule is CC1(C)OC2[C@@H](O1)[C@H](n1cnc3c(NC4CC(F)(F)C4)c(C#N)c(Cl)nc31)O[C@@H]2CSCP(=O)(O)O. The summed E-state index contributed by atoms with van der Waals surface area (Å²) in [7, 11) is -4.19. The molecule has 0 amide bonds. The number of hydrogen-bond acceptors (Lipinski definition) is 9. The van der Waals surface area contributed by atoms with Crippen molar-refractivity contribution in [2.24, 2.45) is 0 Å². The van der Waals surface area contributed by atoms with E-state index in [2.05, 4.69) is 15.3 Å². The number of ether oxygens (including phenoxy) is 3. The van der Waals surface area contributed by atoms with Gasteiger partial charge in [0.15, 0.2) is 22.8 Å². The van der Waals surface area contributed by atoms with Crippen LogP contribution in [0.25, 0.3) is 11.2 Å². The van der Waals surface area contributed by atoms with Crippen LogP contribution in [0.2, 0.25) is 5.15 Å². The van der Waals surface area contributed by atoms with Crippen LogP contribution >= 0.6 is 31.0 Å². The lowest BCUT2D eigenvalue weighted by molar-refractivity contribution is -0.193. The number of hydrogen-bond donors (Lipinski definition) is 3. The van der Waals surface area contributed by atoms with Gasteiger partial charge in [-0.1, -0.05) is 11.6 Å². The zero-order valence-corrected chi connectivity index (χ0v) is 21.6. The van der Waals surface area contributed by atoms with Crippen molar-refractivity contribution in [3.63, 3.8) is 0 Å². The molecule has 2 aromatic rings. The van der Waals surface area contributed by atoms with Crippen LogP contribution in [0, 0.1) is 11.3 Å². The van der Waals surface area contributed by atoms with Crippen LogP contribution in [-0.4, -0.2) is 71.6 Å². The van der Waals surface area contributed by atoms with E-state index in [4.69, 9.17) is 25.8 Å². The summed E-state index contributed by atoms with van der Waals surface area (Å²) >= 11 is 7.35. The molecule has 0 bridgehead atoms. The fourth-order valence-electron chi connectivity index (χ4n) is 4.71. The van der Waals surface area contributed by atoms with Gasteiger partial charge in [-0.25, -0.2) is 18.7 Å². The van der Waals surface area contributed by atoms with Crippen molar-refractivity contribution < 1.29 is 37.3 Å². The van der Waals surface area contributed by atoms with Gasteiger partial charge in [-0.3, -0.25) is 9.13 Å². The van der Waals surface area contributed by atoms with Gasteiger partial charge in [-0.2, -0.15) is 5.26 Å². The Kier molecular flexibility index (Phi) is 6.53. The van der Waals surface area contributed by atoms with Gasteiger partial charge in [0.1, 0.15) is 29.4 Å². The number of fused-ring (bicyclic) bond motifs is 2. The summed E-state index contributed by atoms with van der Waals surface area (Å²) < 4.78 is 58.0. The van der Waals surface area contributed by atoms with Crippen LogP contribution in [-0.2, 0) is 18.8 Å². The first kappa shape index (κ1) is 26.1. The summed E-state index contributed by atoms with van der Waals surface area (Å²) in [4.78, 5) is 27.1. The average Bonchev–Trinajstić information content (AvgIpc) is 3.37. The lowest BCUT2D eigenvalue weighted by Crippen LogP contribution is -2.44. The highest BCUT2D eigenvalue weighted by atomic mass is 35.5. The topological polar surface area (TPSA) is 152 Å². The number of thioether (sulfide) groups is 1. The number of rotatable bonds is 7. The third-order valence-electron chi connectivity index (χ3n) is 6.16. The van der Waals surface area contributed by atoms with Crippen molar-refractivity contribution >= 4 is 47.8 Å². The smallest absolute Gasteiger partial charge is 0.335 e. The molecule has 2 aromatic heterocycles. The molecule has 1 saturated carbocycles. The predicted octanol–water partition coefficient (Wildman–Crippen LogP) is 3.45. The minimum Gasteiger partial charge on any atom is -0.379 e. The summed E-state index contributed by atoms with van der Waals surface area (Å²) in [6.07, 6.45) is -1.77. The summed E-state index contributed by atoms with van der Waals surface area (Å²) in [6, 6.07) is 1.42. The lowest BCUT2D eigenvalue weighted by atomic mass is 9.88. The Morgan fingerprint density at radius 1 is 1.36 bits per heavy atom. The number of halogens is 3. The number of nitrogens with zero attached hydrogens (tertiary/aromatic N) is 4. The van der Waals surface area contributed by atoms with Crippen molar-refractivity contribution in [1.29, 1.82) is 5.26 Å². The highest BCUT2D eigenvalue weighted by molar-refractivity contribution is 8.04. The second-order valence-corrected chi connectivity index (χ2v) is 13.0. The van der Waals surface area contributed by atoms with Crippen LogP contribution in [0.5, 0.6) is 0 Å². The Labute approximate surface area is 213 Å². The minimum absolute atomic E-state index is 0.00291. The molecule has 1 aliphatic carbocycles. The summed E-state index contributed by atoms with van der Waals surface area (Å²) in [5.74, 6) is -3.45. The Hall–Kier alpha value is -1.56. The quantitative estimate of drug-likeness (QED) is 0.334. The van der Waals surface area contributed by atoms with E-state index in [1.54, 1.807) is 18.4 Å². The number of aromatic nitrogens is 3. The fraction of sp³-hybridized carbons (Fsp3) is 0.650. The summed E-state index contributed by atoms with van der Waals surface area (Å²) in [5, 5.41) is 12.5. The molecule has 3 aliphatic rings. The molecule has 5 rings (SSSR count). The molecule has 3 fully saturated rings. The van der Waals surface area contributed by atoms with E-state index < -0.39 is 49.9 Å². The first-order chi connectivity index (χ1) is 16.8. The van der Waals surface area contributed by atoms with E-state index in [1.807, 2.05) is 6.07 Å².